The highest BCUT2D eigenvalue weighted by Gasteiger charge is 2.19. The third-order valence-electron chi connectivity index (χ3n) is 5.58. The van der Waals surface area contributed by atoms with Gasteiger partial charge in [0.25, 0.3) is 0 Å². The second kappa shape index (κ2) is 7.91. The Morgan fingerprint density at radius 1 is 0.833 bits per heavy atom. The van der Waals surface area contributed by atoms with E-state index in [2.05, 4.69) is 107 Å². The summed E-state index contributed by atoms with van der Waals surface area (Å²) in [6, 6.07) is 23.6. The molecule has 0 atom stereocenters. The number of fused-ring (bicyclic) bond motifs is 1. The summed E-state index contributed by atoms with van der Waals surface area (Å²) in [4.78, 5) is 4.96. The Morgan fingerprint density at radius 3 is 2.13 bits per heavy atom. The average molecular weight is 396 g/mol. The van der Waals surface area contributed by atoms with Crippen molar-refractivity contribution in [3.05, 3.63) is 100 Å². The number of aliphatic imine (C=N–C) groups is 1. The molecule has 0 aromatic heterocycles. The maximum absolute atomic E-state index is 4.96. The zero-order chi connectivity index (χ0) is 21.3. The molecule has 0 bridgehead atoms. The minimum Gasteiger partial charge on any atom is -0.260 e. The third-order valence-corrected chi connectivity index (χ3v) is 5.58. The molecule has 30 heavy (non-hydrogen) atoms. The van der Waals surface area contributed by atoms with Gasteiger partial charge in [0.05, 0.1) is 11.4 Å². The molecule has 0 saturated heterocycles. The van der Waals surface area contributed by atoms with Crippen molar-refractivity contribution in [2.24, 2.45) is 10.1 Å². The first-order valence-corrected chi connectivity index (χ1v) is 10.6. The van der Waals surface area contributed by atoms with Crippen LogP contribution < -0.4 is 5.43 Å². The van der Waals surface area contributed by atoms with Crippen LogP contribution in [0.25, 0.3) is 0 Å². The zero-order valence-corrected chi connectivity index (χ0v) is 18.5. The monoisotopic (exact) mass is 395 g/mol. The maximum Gasteiger partial charge on any atom is 0.154 e. The Kier molecular flexibility index (Phi) is 5.29. The number of amidine groups is 1. The van der Waals surface area contributed by atoms with Crippen LogP contribution in [0.3, 0.4) is 0 Å². The van der Waals surface area contributed by atoms with Gasteiger partial charge in [-0.25, -0.2) is 4.99 Å². The van der Waals surface area contributed by atoms with Gasteiger partial charge in [0.2, 0.25) is 0 Å². The summed E-state index contributed by atoms with van der Waals surface area (Å²) in [7, 11) is 0. The fraction of sp³-hybridized carbons (Fsp3) is 0.259. The molecule has 0 radical (unpaired) electrons. The second-order valence-corrected chi connectivity index (χ2v) is 8.93. The first-order chi connectivity index (χ1) is 14.3. The molecule has 3 heteroatoms. The molecular weight excluding hydrogens is 366 g/mol. The molecule has 4 rings (SSSR count). The standard InChI is InChI=1S/C27H29N3/c1-6-19-9-16-24-23(17-19)25(20-10-7-18(2)8-11-20)29-30-26(28-24)21-12-14-22(15-13-21)27(3,4)5/h7-17H,6H2,1-5H3,(H,28,30). The van der Waals surface area contributed by atoms with Gasteiger partial charge < -0.3 is 0 Å². The van der Waals surface area contributed by atoms with E-state index in [4.69, 9.17) is 10.1 Å². The molecule has 0 amide bonds. The van der Waals surface area contributed by atoms with E-state index in [0.29, 0.717) is 0 Å². The number of aryl methyl sites for hydroxylation is 2. The van der Waals surface area contributed by atoms with Gasteiger partial charge in [-0.3, -0.25) is 5.43 Å². The molecule has 1 aliphatic heterocycles. The number of hydrogen-bond acceptors (Lipinski definition) is 3. The first kappa shape index (κ1) is 20.1. The molecule has 0 spiro atoms. The smallest absolute Gasteiger partial charge is 0.154 e. The molecule has 0 saturated carbocycles. The van der Waals surface area contributed by atoms with Crippen LogP contribution in [0.2, 0.25) is 0 Å². The van der Waals surface area contributed by atoms with Crippen molar-refractivity contribution in [3.8, 4) is 0 Å². The number of nitrogens with zero attached hydrogens (tertiary/aromatic N) is 2. The summed E-state index contributed by atoms with van der Waals surface area (Å²) in [5.41, 5.74) is 12.2. The zero-order valence-electron chi connectivity index (χ0n) is 18.5. The molecule has 3 nitrogen and oxygen atoms in total. The molecular formula is C27H29N3. The topological polar surface area (TPSA) is 36.8 Å². The van der Waals surface area contributed by atoms with Gasteiger partial charge in [-0.2, -0.15) is 5.10 Å². The van der Waals surface area contributed by atoms with Gasteiger partial charge in [0.15, 0.2) is 5.84 Å². The van der Waals surface area contributed by atoms with Crippen LogP contribution in [0.15, 0.2) is 76.8 Å². The Morgan fingerprint density at radius 2 is 1.50 bits per heavy atom. The largest absolute Gasteiger partial charge is 0.260 e. The van der Waals surface area contributed by atoms with Crippen LogP contribution in [0.1, 0.15) is 61.1 Å². The lowest BCUT2D eigenvalue weighted by molar-refractivity contribution is 0.590. The van der Waals surface area contributed by atoms with E-state index in [9.17, 15) is 0 Å². The summed E-state index contributed by atoms with van der Waals surface area (Å²) < 4.78 is 0. The number of nitrogens with one attached hydrogen (secondary N) is 1. The van der Waals surface area contributed by atoms with Gasteiger partial charge in [-0.15, -0.1) is 0 Å². The third kappa shape index (κ3) is 4.06. The quantitative estimate of drug-likeness (QED) is 0.556. The molecule has 3 aromatic carbocycles. The van der Waals surface area contributed by atoms with Gasteiger partial charge in [-0.05, 0) is 42.0 Å². The van der Waals surface area contributed by atoms with Crippen molar-refractivity contribution >= 4 is 17.2 Å². The lowest BCUT2D eigenvalue weighted by Crippen LogP contribution is -2.20. The van der Waals surface area contributed by atoms with Gasteiger partial charge in [0.1, 0.15) is 0 Å². The number of rotatable bonds is 3. The number of hydrogen-bond donors (Lipinski definition) is 1. The molecule has 1 aliphatic rings. The van der Waals surface area contributed by atoms with Gasteiger partial charge in [-0.1, -0.05) is 87.9 Å². The predicted octanol–water partition coefficient (Wildman–Crippen LogP) is 6.29. The highest BCUT2D eigenvalue weighted by Crippen LogP contribution is 2.28. The number of benzene rings is 3. The molecule has 0 aliphatic carbocycles. The van der Waals surface area contributed by atoms with E-state index in [1.54, 1.807) is 0 Å². The molecule has 152 valence electrons. The normalized spacial score (nSPS) is 13.6. The Balaban J connectivity index is 1.80. The Hall–Kier alpha value is -3.20. The maximum atomic E-state index is 4.96. The number of hydrazone groups is 1. The highest BCUT2D eigenvalue weighted by atomic mass is 15.3. The van der Waals surface area contributed by atoms with Crippen molar-refractivity contribution in [3.63, 3.8) is 0 Å². The van der Waals surface area contributed by atoms with E-state index in [-0.39, 0.29) is 5.41 Å². The van der Waals surface area contributed by atoms with E-state index < -0.39 is 0 Å². The SMILES string of the molecule is CCc1ccc2c(c1)C(c1ccc(C)cc1)=NNC(c1ccc(C(C)(C)C)cc1)=N2. The molecule has 1 heterocycles. The van der Waals surface area contributed by atoms with Crippen molar-refractivity contribution in [1.82, 2.24) is 5.43 Å². The minimum atomic E-state index is 0.122. The van der Waals surface area contributed by atoms with Gasteiger partial charge >= 0.3 is 0 Å². The van der Waals surface area contributed by atoms with Crippen molar-refractivity contribution in [1.29, 1.82) is 0 Å². The van der Waals surface area contributed by atoms with E-state index in [0.717, 1.165) is 40.3 Å². The second-order valence-electron chi connectivity index (χ2n) is 8.93. The van der Waals surface area contributed by atoms with Crippen LogP contribution in [0.5, 0.6) is 0 Å². The summed E-state index contributed by atoms with van der Waals surface area (Å²) >= 11 is 0. The van der Waals surface area contributed by atoms with Crippen LogP contribution in [-0.4, -0.2) is 11.5 Å². The fourth-order valence-electron chi connectivity index (χ4n) is 3.59. The van der Waals surface area contributed by atoms with Crippen molar-refractivity contribution in [2.75, 3.05) is 0 Å². The average Bonchev–Trinajstić information content (AvgIpc) is 2.93. The summed E-state index contributed by atoms with van der Waals surface area (Å²) in [5.74, 6) is 0.767. The summed E-state index contributed by atoms with van der Waals surface area (Å²) in [6.45, 7) is 10.9. The summed E-state index contributed by atoms with van der Waals surface area (Å²) in [5, 5.41) is 4.80. The van der Waals surface area contributed by atoms with Crippen LogP contribution in [0.4, 0.5) is 5.69 Å². The highest BCUT2D eigenvalue weighted by molar-refractivity contribution is 6.18. The lowest BCUT2D eigenvalue weighted by Gasteiger charge is -2.19. The van der Waals surface area contributed by atoms with E-state index in [1.165, 1.54) is 16.7 Å². The molecule has 3 aromatic rings. The molecule has 0 unspecified atom stereocenters. The van der Waals surface area contributed by atoms with E-state index in [1.807, 2.05) is 0 Å². The Labute approximate surface area is 179 Å². The van der Waals surface area contributed by atoms with Crippen LogP contribution >= 0.6 is 0 Å². The Bertz CT molecular complexity index is 1110. The fourth-order valence-corrected chi connectivity index (χ4v) is 3.59. The predicted molar refractivity (Wildman–Crippen MR) is 127 cm³/mol. The van der Waals surface area contributed by atoms with Crippen molar-refractivity contribution < 1.29 is 0 Å². The first-order valence-electron chi connectivity index (χ1n) is 10.6. The molecule has 1 N–H and O–H groups in total. The lowest BCUT2D eigenvalue weighted by atomic mass is 9.86. The van der Waals surface area contributed by atoms with Crippen LogP contribution in [0, 0.1) is 6.92 Å². The van der Waals surface area contributed by atoms with Crippen molar-refractivity contribution in [2.45, 2.75) is 46.5 Å². The molecule has 0 fully saturated rings. The van der Waals surface area contributed by atoms with E-state index >= 15 is 0 Å². The van der Waals surface area contributed by atoms with Crippen LogP contribution in [-0.2, 0) is 11.8 Å². The summed E-state index contributed by atoms with van der Waals surface area (Å²) in [6.07, 6.45) is 0.979. The van der Waals surface area contributed by atoms with Gasteiger partial charge in [0, 0.05) is 16.7 Å². The minimum absolute atomic E-state index is 0.122.